The molecule has 6 heteroatoms. The standard InChI is InChI=1S/C16H14FN3O2/c17-11-3-4-14-12(6-11)13(7-15(21)19-14)16(22)20-5-1-2-10(8-18)9-20/h3-4,6-7,10H,1-2,5,9H2,(H,19,21)/t10-/m1/s1. The fraction of sp³-hybridized carbons (Fsp3) is 0.312. The van der Waals surface area contributed by atoms with Gasteiger partial charge in [0.15, 0.2) is 0 Å². The van der Waals surface area contributed by atoms with Crippen molar-refractivity contribution in [2.75, 3.05) is 13.1 Å². The van der Waals surface area contributed by atoms with E-state index in [2.05, 4.69) is 11.1 Å². The van der Waals surface area contributed by atoms with E-state index in [1.165, 1.54) is 24.3 Å². The third-order valence-electron chi connectivity index (χ3n) is 3.93. The van der Waals surface area contributed by atoms with Gasteiger partial charge >= 0.3 is 0 Å². The zero-order valence-electron chi connectivity index (χ0n) is 11.8. The van der Waals surface area contributed by atoms with Crippen molar-refractivity contribution in [1.29, 1.82) is 5.26 Å². The number of amides is 1. The van der Waals surface area contributed by atoms with E-state index >= 15 is 0 Å². The number of nitriles is 1. The van der Waals surface area contributed by atoms with Crippen LogP contribution in [0.15, 0.2) is 29.1 Å². The highest BCUT2D eigenvalue weighted by Crippen LogP contribution is 2.22. The van der Waals surface area contributed by atoms with Gasteiger partial charge < -0.3 is 9.88 Å². The van der Waals surface area contributed by atoms with Gasteiger partial charge in [0.2, 0.25) is 5.56 Å². The van der Waals surface area contributed by atoms with Gasteiger partial charge in [0.25, 0.3) is 5.91 Å². The number of benzene rings is 1. The quantitative estimate of drug-likeness (QED) is 0.875. The minimum atomic E-state index is -0.470. The van der Waals surface area contributed by atoms with Crippen LogP contribution in [0.3, 0.4) is 0 Å². The van der Waals surface area contributed by atoms with Gasteiger partial charge in [-0.2, -0.15) is 5.26 Å². The number of hydrogen-bond acceptors (Lipinski definition) is 3. The molecule has 2 aromatic rings. The van der Waals surface area contributed by atoms with E-state index in [1.54, 1.807) is 4.90 Å². The van der Waals surface area contributed by atoms with E-state index in [0.717, 1.165) is 12.8 Å². The summed E-state index contributed by atoms with van der Waals surface area (Å²) in [4.78, 5) is 28.6. The van der Waals surface area contributed by atoms with Crippen LogP contribution in [0.2, 0.25) is 0 Å². The predicted molar refractivity (Wildman–Crippen MR) is 78.8 cm³/mol. The summed E-state index contributed by atoms with van der Waals surface area (Å²) in [7, 11) is 0. The fourth-order valence-corrected chi connectivity index (χ4v) is 2.84. The molecule has 1 atom stereocenters. The average Bonchev–Trinajstić information content (AvgIpc) is 2.54. The number of carbonyl (C=O) groups excluding carboxylic acids is 1. The lowest BCUT2D eigenvalue weighted by Crippen LogP contribution is -2.40. The van der Waals surface area contributed by atoms with Crippen LogP contribution in [-0.2, 0) is 0 Å². The molecule has 0 spiro atoms. The monoisotopic (exact) mass is 299 g/mol. The van der Waals surface area contributed by atoms with Crippen LogP contribution in [-0.4, -0.2) is 28.9 Å². The molecule has 1 fully saturated rings. The number of likely N-dealkylation sites (tertiary alicyclic amines) is 1. The lowest BCUT2D eigenvalue weighted by molar-refractivity contribution is 0.0700. The van der Waals surface area contributed by atoms with Gasteiger partial charge in [-0.05, 0) is 31.0 Å². The normalized spacial score (nSPS) is 18.2. The van der Waals surface area contributed by atoms with Crippen LogP contribution in [0.1, 0.15) is 23.2 Å². The molecule has 0 saturated carbocycles. The molecule has 0 aliphatic carbocycles. The van der Waals surface area contributed by atoms with Gasteiger partial charge in [-0.1, -0.05) is 0 Å². The van der Waals surface area contributed by atoms with Crippen molar-refractivity contribution in [2.45, 2.75) is 12.8 Å². The molecule has 1 N–H and O–H groups in total. The highest BCUT2D eigenvalue weighted by Gasteiger charge is 2.25. The second-order valence-electron chi connectivity index (χ2n) is 5.46. The number of nitrogens with zero attached hydrogens (tertiary/aromatic N) is 2. The number of hydrogen-bond donors (Lipinski definition) is 1. The van der Waals surface area contributed by atoms with E-state index in [9.17, 15) is 14.0 Å². The van der Waals surface area contributed by atoms with Crippen LogP contribution in [0.4, 0.5) is 4.39 Å². The lowest BCUT2D eigenvalue weighted by Gasteiger charge is -2.29. The lowest BCUT2D eigenvalue weighted by atomic mass is 9.98. The molecule has 0 bridgehead atoms. The molecule has 112 valence electrons. The van der Waals surface area contributed by atoms with Crippen LogP contribution < -0.4 is 5.56 Å². The molecule has 1 saturated heterocycles. The van der Waals surface area contributed by atoms with Crippen molar-refractivity contribution in [2.24, 2.45) is 5.92 Å². The molecule has 1 aliphatic heterocycles. The highest BCUT2D eigenvalue weighted by atomic mass is 19.1. The molecule has 3 rings (SSSR count). The average molecular weight is 299 g/mol. The molecule has 22 heavy (non-hydrogen) atoms. The van der Waals surface area contributed by atoms with Gasteiger partial charge in [0, 0.05) is 30.1 Å². The van der Waals surface area contributed by atoms with Crippen molar-refractivity contribution < 1.29 is 9.18 Å². The number of halogens is 1. The summed E-state index contributed by atoms with van der Waals surface area (Å²) in [6, 6.07) is 7.29. The first kappa shape index (κ1) is 14.3. The highest BCUT2D eigenvalue weighted by molar-refractivity contribution is 6.06. The van der Waals surface area contributed by atoms with Gasteiger partial charge in [0.05, 0.1) is 17.6 Å². The van der Waals surface area contributed by atoms with Crippen LogP contribution in [0.5, 0.6) is 0 Å². The number of aromatic amines is 1. The number of piperidine rings is 1. The first-order valence-corrected chi connectivity index (χ1v) is 7.10. The Morgan fingerprint density at radius 1 is 1.41 bits per heavy atom. The van der Waals surface area contributed by atoms with Crippen molar-refractivity contribution in [1.82, 2.24) is 9.88 Å². The maximum Gasteiger partial charge on any atom is 0.254 e. The number of H-pyrrole nitrogens is 1. The van der Waals surface area contributed by atoms with Gasteiger partial charge in [-0.15, -0.1) is 0 Å². The summed E-state index contributed by atoms with van der Waals surface area (Å²) in [5, 5.41) is 9.40. The number of rotatable bonds is 1. The Morgan fingerprint density at radius 3 is 3.00 bits per heavy atom. The Balaban J connectivity index is 2.05. The summed E-state index contributed by atoms with van der Waals surface area (Å²) < 4.78 is 13.5. The van der Waals surface area contributed by atoms with Crippen molar-refractivity contribution in [3.05, 3.63) is 46.0 Å². The largest absolute Gasteiger partial charge is 0.337 e. The Morgan fingerprint density at radius 2 is 2.23 bits per heavy atom. The number of aromatic nitrogens is 1. The Hall–Kier alpha value is -2.68. The molecule has 1 amide bonds. The smallest absolute Gasteiger partial charge is 0.254 e. The second kappa shape index (κ2) is 5.60. The summed E-state index contributed by atoms with van der Waals surface area (Å²) >= 11 is 0. The SMILES string of the molecule is N#C[C@H]1CCCN(C(=O)c2cc(=O)[nH]c3ccc(F)cc23)C1. The molecule has 1 aromatic carbocycles. The van der Waals surface area contributed by atoms with Crippen LogP contribution in [0.25, 0.3) is 10.9 Å². The molecule has 0 unspecified atom stereocenters. The number of pyridine rings is 1. The van der Waals surface area contributed by atoms with E-state index in [-0.39, 0.29) is 17.4 Å². The minimum absolute atomic E-state index is 0.178. The van der Waals surface area contributed by atoms with E-state index in [1.807, 2.05) is 0 Å². The van der Waals surface area contributed by atoms with Crippen LogP contribution >= 0.6 is 0 Å². The van der Waals surface area contributed by atoms with E-state index < -0.39 is 11.4 Å². The zero-order chi connectivity index (χ0) is 15.7. The molecule has 0 radical (unpaired) electrons. The van der Waals surface area contributed by atoms with Crippen molar-refractivity contribution in [3.63, 3.8) is 0 Å². The molecular weight excluding hydrogens is 285 g/mol. The maximum absolute atomic E-state index is 13.5. The summed E-state index contributed by atoms with van der Waals surface area (Å²) in [6.07, 6.45) is 1.52. The van der Waals surface area contributed by atoms with Gasteiger partial charge in [-0.25, -0.2) is 4.39 Å². The Bertz CT molecular complexity index is 837. The third-order valence-corrected chi connectivity index (χ3v) is 3.93. The fourth-order valence-electron chi connectivity index (χ4n) is 2.84. The zero-order valence-corrected chi connectivity index (χ0v) is 11.8. The number of nitrogens with one attached hydrogen (secondary N) is 1. The topological polar surface area (TPSA) is 77.0 Å². The van der Waals surface area contributed by atoms with Crippen molar-refractivity contribution >= 4 is 16.8 Å². The molecule has 1 aromatic heterocycles. The second-order valence-corrected chi connectivity index (χ2v) is 5.46. The molecule has 5 nitrogen and oxygen atoms in total. The minimum Gasteiger partial charge on any atom is -0.337 e. The number of fused-ring (bicyclic) bond motifs is 1. The van der Waals surface area contributed by atoms with Crippen molar-refractivity contribution in [3.8, 4) is 6.07 Å². The van der Waals surface area contributed by atoms with Gasteiger partial charge in [0.1, 0.15) is 5.82 Å². The number of carbonyl (C=O) groups is 1. The van der Waals surface area contributed by atoms with E-state index in [4.69, 9.17) is 5.26 Å². The summed E-state index contributed by atoms with van der Waals surface area (Å²) in [6.45, 7) is 0.888. The Kier molecular flexibility index (Phi) is 3.63. The van der Waals surface area contributed by atoms with E-state index in [0.29, 0.717) is 24.0 Å². The Labute approximate surface area is 126 Å². The maximum atomic E-state index is 13.5. The first-order valence-electron chi connectivity index (χ1n) is 7.10. The first-order chi connectivity index (χ1) is 10.6. The van der Waals surface area contributed by atoms with Gasteiger partial charge in [-0.3, -0.25) is 9.59 Å². The predicted octanol–water partition coefficient (Wildman–Crippen LogP) is 2.04. The summed E-state index contributed by atoms with van der Waals surface area (Å²) in [5.74, 6) is -0.994. The molecule has 1 aliphatic rings. The van der Waals surface area contributed by atoms with Crippen LogP contribution in [0, 0.1) is 23.1 Å². The summed E-state index contributed by atoms with van der Waals surface area (Å²) in [5.41, 5.74) is 0.194. The molecule has 2 heterocycles. The third kappa shape index (κ3) is 2.58. The molecular formula is C16H14FN3O2.